The number of ether oxygens (including phenoxy) is 3. The summed E-state index contributed by atoms with van der Waals surface area (Å²) >= 11 is 0. The van der Waals surface area contributed by atoms with Crippen LogP contribution in [0.25, 0.3) is 0 Å². The summed E-state index contributed by atoms with van der Waals surface area (Å²) in [7, 11) is 0. The molecular weight excluding hydrogens is 286 g/mol. The highest BCUT2D eigenvalue weighted by Crippen LogP contribution is 2.29. The lowest BCUT2D eigenvalue weighted by Crippen LogP contribution is -2.58. The van der Waals surface area contributed by atoms with Gasteiger partial charge in [-0.05, 0) is 24.6 Å². The van der Waals surface area contributed by atoms with E-state index in [9.17, 15) is 4.79 Å². The maximum absolute atomic E-state index is 11.0. The standard InChI is InChI=1S/C16H21NO5/c18-15(19)13-2-1-3-14(10-13)22-9-6-17-5-8-21-12-16(17)4-7-20-11-16/h1-3,10H,4-9,11-12H2,(H,18,19). The monoisotopic (exact) mass is 307 g/mol. The second-order valence-corrected chi connectivity index (χ2v) is 5.75. The largest absolute Gasteiger partial charge is 0.492 e. The number of carboxylic acid groups (broad SMARTS) is 1. The van der Waals surface area contributed by atoms with Crippen molar-refractivity contribution in [2.45, 2.75) is 12.0 Å². The Labute approximate surface area is 129 Å². The van der Waals surface area contributed by atoms with Crippen molar-refractivity contribution in [1.29, 1.82) is 0 Å². The molecular formula is C16H21NO5. The van der Waals surface area contributed by atoms with Gasteiger partial charge in [0.1, 0.15) is 12.4 Å². The number of nitrogens with zero attached hydrogens (tertiary/aromatic N) is 1. The molecule has 0 aromatic heterocycles. The third-order valence-corrected chi connectivity index (χ3v) is 4.34. The van der Waals surface area contributed by atoms with Gasteiger partial charge >= 0.3 is 5.97 Å². The van der Waals surface area contributed by atoms with Crippen molar-refractivity contribution in [2.24, 2.45) is 0 Å². The van der Waals surface area contributed by atoms with E-state index in [1.165, 1.54) is 0 Å². The van der Waals surface area contributed by atoms with Crippen molar-refractivity contribution >= 4 is 5.97 Å². The Balaban J connectivity index is 1.56. The molecule has 1 aromatic carbocycles. The van der Waals surface area contributed by atoms with E-state index < -0.39 is 5.97 Å². The number of carbonyl (C=O) groups is 1. The number of benzene rings is 1. The summed E-state index contributed by atoms with van der Waals surface area (Å²) < 4.78 is 16.9. The first-order chi connectivity index (χ1) is 10.7. The van der Waals surface area contributed by atoms with Crippen LogP contribution in [0, 0.1) is 0 Å². The molecule has 1 spiro atoms. The minimum absolute atomic E-state index is 0.00940. The molecule has 6 nitrogen and oxygen atoms in total. The Hall–Kier alpha value is -1.63. The maximum Gasteiger partial charge on any atom is 0.335 e. The fraction of sp³-hybridized carbons (Fsp3) is 0.562. The number of hydrogen-bond acceptors (Lipinski definition) is 5. The van der Waals surface area contributed by atoms with Crippen molar-refractivity contribution in [1.82, 2.24) is 4.90 Å². The maximum atomic E-state index is 11.0. The third-order valence-electron chi connectivity index (χ3n) is 4.34. The molecule has 120 valence electrons. The van der Waals surface area contributed by atoms with Gasteiger partial charge in [-0.1, -0.05) is 6.07 Å². The molecule has 6 heteroatoms. The van der Waals surface area contributed by atoms with E-state index in [1.807, 2.05) is 0 Å². The molecule has 0 saturated carbocycles. The van der Waals surface area contributed by atoms with Crippen LogP contribution in [0.1, 0.15) is 16.8 Å². The summed E-state index contributed by atoms with van der Waals surface area (Å²) in [5.41, 5.74) is 0.231. The van der Waals surface area contributed by atoms with Crippen LogP contribution < -0.4 is 4.74 Å². The van der Waals surface area contributed by atoms with Crippen molar-refractivity contribution in [2.75, 3.05) is 46.1 Å². The zero-order valence-electron chi connectivity index (χ0n) is 12.5. The molecule has 1 N–H and O–H groups in total. The van der Waals surface area contributed by atoms with Crippen molar-refractivity contribution in [3.63, 3.8) is 0 Å². The molecule has 3 rings (SSSR count). The molecule has 0 bridgehead atoms. The Morgan fingerprint density at radius 2 is 2.14 bits per heavy atom. The lowest BCUT2D eigenvalue weighted by molar-refractivity contribution is -0.0739. The zero-order chi connectivity index (χ0) is 15.4. The summed E-state index contributed by atoms with van der Waals surface area (Å²) in [6, 6.07) is 6.58. The van der Waals surface area contributed by atoms with Crippen molar-refractivity contribution in [3.8, 4) is 5.75 Å². The number of morpholine rings is 1. The summed E-state index contributed by atoms with van der Waals surface area (Å²) in [4.78, 5) is 13.3. The molecule has 2 aliphatic rings. The molecule has 0 radical (unpaired) electrons. The molecule has 1 atom stereocenters. The first-order valence-corrected chi connectivity index (χ1v) is 7.56. The molecule has 1 aromatic rings. The highest BCUT2D eigenvalue weighted by Gasteiger charge is 2.42. The Morgan fingerprint density at radius 1 is 1.32 bits per heavy atom. The smallest absolute Gasteiger partial charge is 0.335 e. The number of rotatable bonds is 5. The van der Waals surface area contributed by atoms with Gasteiger partial charge in [0.25, 0.3) is 0 Å². The highest BCUT2D eigenvalue weighted by atomic mass is 16.5. The molecule has 2 heterocycles. The zero-order valence-corrected chi connectivity index (χ0v) is 12.5. The number of carboxylic acids is 1. The topological polar surface area (TPSA) is 68.2 Å². The minimum atomic E-state index is -0.944. The molecule has 2 fully saturated rings. The van der Waals surface area contributed by atoms with Gasteiger partial charge in [-0.2, -0.15) is 0 Å². The van der Waals surface area contributed by atoms with Crippen LogP contribution in [0.2, 0.25) is 0 Å². The van der Waals surface area contributed by atoms with E-state index in [0.717, 1.165) is 32.7 Å². The van der Waals surface area contributed by atoms with Crippen LogP contribution in [0.4, 0.5) is 0 Å². The lowest BCUT2D eigenvalue weighted by Gasteiger charge is -2.43. The Bertz CT molecular complexity index is 527. The second kappa shape index (κ2) is 6.64. The molecule has 0 aliphatic carbocycles. The van der Waals surface area contributed by atoms with E-state index in [0.29, 0.717) is 25.6 Å². The van der Waals surface area contributed by atoms with Gasteiger partial charge in [0.05, 0.1) is 30.9 Å². The van der Waals surface area contributed by atoms with Crippen LogP contribution in [0.15, 0.2) is 24.3 Å². The quantitative estimate of drug-likeness (QED) is 0.883. The van der Waals surface area contributed by atoms with Crippen LogP contribution in [-0.4, -0.2) is 67.6 Å². The van der Waals surface area contributed by atoms with Crippen LogP contribution in [0.3, 0.4) is 0 Å². The highest BCUT2D eigenvalue weighted by molar-refractivity contribution is 5.87. The van der Waals surface area contributed by atoms with E-state index in [4.69, 9.17) is 19.3 Å². The summed E-state index contributed by atoms with van der Waals surface area (Å²) in [5, 5.41) is 8.99. The average molecular weight is 307 g/mol. The number of hydrogen-bond donors (Lipinski definition) is 1. The number of aromatic carboxylic acids is 1. The lowest BCUT2D eigenvalue weighted by atomic mass is 9.96. The van der Waals surface area contributed by atoms with Gasteiger partial charge in [0, 0.05) is 19.7 Å². The average Bonchev–Trinajstić information content (AvgIpc) is 2.99. The molecule has 2 aliphatic heterocycles. The third kappa shape index (κ3) is 3.24. The Kier molecular flexibility index (Phi) is 4.61. The van der Waals surface area contributed by atoms with Crippen LogP contribution in [0.5, 0.6) is 5.75 Å². The predicted molar refractivity (Wildman–Crippen MR) is 79.5 cm³/mol. The first kappa shape index (κ1) is 15.3. The minimum Gasteiger partial charge on any atom is -0.492 e. The van der Waals surface area contributed by atoms with Crippen LogP contribution >= 0.6 is 0 Å². The normalized spacial score (nSPS) is 25.5. The first-order valence-electron chi connectivity index (χ1n) is 7.56. The van der Waals surface area contributed by atoms with E-state index in [-0.39, 0.29) is 11.1 Å². The fourth-order valence-corrected chi connectivity index (χ4v) is 3.07. The molecule has 22 heavy (non-hydrogen) atoms. The van der Waals surface area contributed by atoms with E-state index >= 15 is 0 Å². The van der Waals surface area contributed by atoms with Gasteiger partial charge in [0.15, 0.2) is 0 Å². The fourth-order valence-electron chi connectivity index (χ4n) is 3.07. The van der Waals surface area contributed by atoms with Gasteiger partial charge in [-0.3, -0.25) is 4.90 Å². The van der Waals surface area contributed by atoms with Gasteiger partial charge in [-0.15, -0.1) is 0 Å². The van der Waals surface area contributed by atoms with Gasteiger partial charge in [0.2, 0.25) is 0 Å². The summed E-state index contributed by atoms with van der Waals surface area (Å²) in [6.07, 6.45) is 0.988. The van der Waals surface area contributed by atoms with E-state index in [2.05, 4.69) is 4.90 Å². The van der Waals surface area contributed by atoms with Gasteiger partial charge < -0.3 is 19.3 Å². The molecule has 0 amide bonds. The van der Waals surface area contributed by atoms with Crippen molar-refractivity contribution < 1.29 is 24.1 Å². The molecule has 1 unspecified atom stereocenters. The molecule has 2 saturated heterocycles. The Morgan fingerprint density at radius 3 is 2.91 bits per heavy atom. The van der Waals surface area contributed by atoms with Crippen LogP contribution in [-0.2, 0) is 9.47 Å². The van der Waals surface area contributed by atoms with E-state index in [1.54, 1.807) is 24.3 Å². The predicted octanol–water partition coefficient (Wildman–Crippen LogP) is 1.25. The van der Waals surface area contributed by atoms with Crippen molar-refractivity contribution in [3.05, 3.63) is 29.8 Å². The SMILES string of the molecule is O=C(O)c1cccc(OCCN2CCOCC23CCOC3)c1. The van der Waals surface area contributed by atoms with Gasteiger partial charge in [-0.25, -0.2) is 4.79 Å². The summed E-state index contributed by atoms with van der Waals surface area (Å²) in [5.74, 6) is -0.356. The second-order valence-electron chi connectivity index (χ2n) is 5.75. The summed E-state index contributed by atoms with van der Waals surface area (Å²) in [6.45, 7) is 5.11.